The lowest BCUT2D eigenvalue weighted by atomic mass is 9.89. The largest absolute Gasteiger partial charge is 0.303 e. The van der Waals surface area contributed by atoms with Crippen LogP contribution in [0.2, 0.25) is 0 Å². The van der Waals surface area contributed by atoms with E-state index >= 15 is 0 Å². The fourth-order valence-corrected chi connectivity index (χ4v) is 2.27. The van der Waals surface area contributed by atoms with Crippen molar-refractivity contribution in [1.82, 2.24) is 10.4 Å². The van der Waals surface area contributed by atoms with E-state index < -0.39 is 5.91 Å². The Morgan fingerprint density at radius 1 is 1.57 bits per heavy atom. The molecule has 0 aromatic carbocycles. The Morgan fingerprint density at radius 2 is 2.38 bits per heavy atom. The molecule has 2 N–H and O–H groups in total. The lowest BCUT2D eigenvalue weighted by Gasteiger charge is -2.31. The van der Waals surface area contributed by atoms with Crippen molar-refractivity contribution in [3.63, 3.8) is 0 Å². The Balaban J connectivity index is 2.08. The van der Waals surface area contributed by atoms with Crippen molar-refractivity contribution in [2.45, 2.75) is 25.8 Å². The summed E-state index contributed by atoms with van der Waals surface area (Å²) >= 11 is 0. The van der Waals surface area contributed by atoms with Gasteiger partial charge in [-0.05, 0) is 18.1 Å². The van der Waals surface area contributed by atoms with Gasteiger partial charge in [0.25, 0.3) is 5.91 Å². The SMILES string of the molecule is CCCCN1C=NC2C=C(/C=C/C(=O)NO)C=CC2C1=O. The molecule has 1 aliphatic heterocycles. The number of hydroxylamine groups is 1. The molecule has 112 valence electrons. The summed E-state index contributed by atoms with van der Waals surface area (Å²) < 4.78 is 0. The fraction of sp³-hybridized carbons (Fsp3) is 0.400. The van der Waals surface area contributed by atoms with Crippen molar-refractivity contribution in [3.8, 4) is 0 Å². The Hall–Kier alpha value is -2.21. The molecule has 2 unspecified atom stereocenters. The lowest BCUT2D eigenvalue weighted by molar-refractivity contribution is -0.130. The molecule has 0 saturated carbocycles. The van der Waals surface area contributed by atoms with Gasteiger partial charge in [-0.25, -0.2) is 5.48 Å². The zero-order chi connectivity index (χ0) is 15.2. The van der Waals surface area contributed by atoms with Gasteiger partial charge >= 0.3 is 0 Å². The van der Waals surface area contributed by atoms with Crippen molar-refractivity contribution in [2.24, 2.45) is 10.9 Å². The molecular formula is C15H19N3O3. The highest BCUT2D eigenvalue weighted by Crippen LogP contribution is 2.25. The Kier molecular flexibility index (Phi) is 5.05. The summed E-state index contributed by atoms with van der Waals surface area (Å²) in [7, 11) is 0. The molecule has 1 heterocycles. The highest BCUT2D eigenvalue weighted by Gasteiger charge is 2.32. The number of unbranched alkanes of at least 4 members (excludes halogenated alkanes) is 1. The predicted molar refractivity (Wildman–Crippen MR) is 78.7 cm³/mol. The maximum Gasteiger partial charge on any atom is 0.267 e. The molecule has 21 heavy (non-hydrogen) atoms. The van der Waals surface area contributed by atoms with Gasteiger partial charge in [-0.1, -0.05) is 31.6 Å². The normalized spacial score (nSPS) is 24.2. The van der Waals surface area contributed by atoms with E-state index in [4.69, 9.17) is 5.21 Å². The first kappa shape index (κ1) is 15.2. The summed E-state index contributed by atoms with van der Waals surface area (Å²) in [6.07, 6.45) is 11.8. The third-order valence-corrected chi connectivity index (χ3v) is 3.46. The smallest absolute Gasteiger partial charge is 0.267 e. The minimum atomic E-state index is -0.597. The highest BCUT2D eigenvalue weighted by molar-refractivity contribution is 5.94. The number of aliphatic imine (C=N–C) groups is 1. The van der Waals surface area contributed by atoms with Gasteiger partial charge in [-0.3, -0.25) is 19.8 Å². The summed E-state index contributed by atoms with van der Waals surface area (Å²) in [5.74, 6) is -0.803. The number of rotatable bonds is 5. The van der Waals surface area contributed by atoms with Crippen LogP contribution in [0.4, 0.5) is 0 Å². The van der Waals surface area contributed by atoms with Crippen LogP contribution in [0.3, 0.4) is 0 Å². The quantitative estimate of drug-likeness (QED) is 0.453. The first-order valence-corrected chi connectivity index (χ1v) is 7.01. The Bertz CT molecular complexity index is 534. The van der Waals surface area contributed by atoms with E-state index in [9.17, 15) is 9.59 Å². The minimum Gasteiger partial charge on any atom is -0.303 e. The van der Waals surface area contributed by atoms with Gasteiger partial charge in [-0.15, -0.1) is 0 Å². The number of fused-ring (bicyclic) bond motifs is 1. The van der Waals surface area contributed by atoms with E-state index in [1.807, 2.05) is 12.2 Å². The Morgan fingerprint density at radius 3 is 3.10 bits per heavy atom. The number of nitrogens with zero attached hydrogens (tertiary/aromatic N) is 2. The standard InChI is InChI=1S/C15H19N3O3/c1-2-3-8-18-10-16-13-9-11(5-7-14(19)17-21)4-6-12(13)15(18)20/h4-7,9-10,12-13,21H,2-3,8H2,1H3,(H,17,19)/b7-5+. The highest BCUT2D eigenvalue weighted by atomic mass is 16.5. The number of nitrogens with one attached hydrogen (secondary N) is 1. The molecule has 6 nitrogen and oxygen atoms in total. The molecule has 6 heteroatoms. The van der Waals surface area contributed by atoms with Crippen LogP contribution in [0.25, 0.3) is 0 Å². The zero-order valence-electron chi connectivity index (χ0n) is 11.9. The van der Waals surface area contributed by atoms with E-state index in [-0.39, 0.29) is 17.9 Å². The maximum absolute atomic E-state index is 12.3. The van der Waals surface area contributed by atoms with E-state index in [0.29, 0.717) is 6.54 Å². The first-order valence-electron chi connectivity index (χ1n) is 7.01. The van der Waals surface area contributed by atoms with Crippen molar-refractivity contribution in [1.29, 1.82) is 0 Å². The molecule has 0 bridgehead atoms. The third-order valence-electron chi connectivity index (χ3n) is 3.46. The number of hydrogen-bond donors (Lipinski definition) is 2. The zero-order valence-corrected chi connectivity index (χ0v) is 11.9. The summed E-state index contributed by atoms with van der Waals surface area (Å²) in [6, 6.07) is -0.225. The number of carbonyl (C=O) groups is 2. The molecule has 0 radical (unpaired) electrons. The topological polar surface area (TPSA) is 82.0 Å². The van der Waals surface area contributed by atoms with E-state index in [2.05, 4.69) is 11.9 Å². The molecule has 1 aliphatic carbocycles. The third kappa shape index (κ3) is 3.66. The molecule has 0 saturated heterocycles. The molecule has 0 fully saturated rings. The molecule has 2 aliphatic rings. The number of allylic oxidation sites excluding steroid dienone is 3. The van der Waals surface area contributed by atoms with Crippen LogP contribution in [0.15, 0.2) is 40.9 Å². The van der Waals surface area contributed by atoms with Gasteiger partial charge in [0.15, 0.2) is 0 Å². The minimum absolute atomic E-state index is 0.0621. The molecule has 0 aromatic heterocycles. The average Bonchev–Trinajstić information content (AvgIpc) is 2.52. The summed E-state index contributed by atoms with van der Waals surface area (Å²) in [6.45, 7) is 2.78. The monoisotopic (exact) mass is 289 g/mol. The second kappa shape index (κ2) is 6.99. The Labute approximate surface area is 123 Å². The van der Waals surface area contributed by atoms with Crippen molar-refractivity contribution >= 4 is 18.2 Å². The number of hydrogen-bond acceptors (Lipinski definition) is 4. The molecule has 0 spiro atoms. The first-order chi connectivity index (χ1) is 10.2. The van der Waals surface area contributed by atoms with Gasteiger partial charge in [0.05, 0.1) is 18.3 Å². The van der Waals surface area contributed by atoms with E-state index in [1.54, 1.807) is 23.4 Å². The second-order valence-electron chi connectivity index (χ2n) is 5.00. The number of amides is 2. The van der Waals surface area contributed by atoms with E-state index in [0.717, 1.165) is 18.4 Å². The van der Waals surface area contributed by atoms with Crippen molar-refractivity contribution in [3.05, 3.63) is 36.0 Å². The van der Waals surface area contributed by atoms with Crippen LogP contribution >= 0.6 is 0 Å². The maximum atomic E-state index is 12.3. The second-order valence-corrected chi connectivity index (χ2v) is 5.00. The summed E-state index contributed by atoms with van der Waals surface area (Å²) in [5.41, 5.74) is 2.31. The van der Waals surface area contributed by atoms with Crippen molar-refractivity contribution < 1.29 is 14.8 Å². The average molecular weight is 289 g/mol. The van der Waals surface area contributed by atoms with Crippen LogP contribution in [0.1, 0.15) is 19.8 Å². The summed E-state index contributed by atoms with van der Waals surface area (Å²) in [4.78, 5) is 29.3. The van der Waals surface area contributed by atoms with Crippen molar-refractivity contribution in [2.75, 3.05) is 6.54 Å². The van der Waals surface area contributed by atoms with Gasteiger partial charge in [0.2, 0.25) is 5.91 Å². The molecular weight excluding hydrogens is 270 g/mol. The van der Waals surface area contributed by atoms with Crippen LogP contribution in [0, 0.1) is 5.92 Å². The fourth-order valence-electron chi connectivity index (χ4n) is 2.27. The van der Waals surface area contributed by atoms with Crippen LogP contribution in [-0.2, 0) is 9.59 Å². The molecule has 2 atom stereocenters. The molecule has 0 aromatic rings. The summed E-state index contributed by atoms with van der Waals surface area (Å²) in [5, 5.41) is 8.42. The molecule has 2 rings (SSSR count). The van der Waals surface area contributed by atoms with E-state index in [1.165, 1.54) is 11.6 Å². The lowest BCUT2D eigenvalue weighted by Crippen LogP contribution is -2.44. The van der Waals surface area contributed by atoms with Gasteiger partial charge in [0, 0.05) is 12.6 Å². The molecule has 2 amide bonds. The van der Waals surface area contributed by atoms with Gasteiger partial charge < -0.3 is 4.90 Å². The van der Waals surface area contributed by atoms with Crippen LogP contribution in [-0.4, -0.2) is 40.8 Å². The number of carbonyl (C=O) groups excluding carboxylic acids is 2. The van der Waals surface area contributed by atoms with Crippen LogP contribution < -0.4 is 5.48 Å². The van der Waals surface area contributed by atoms with Crippen LogP contribution in [0.5, 0.6) is 0 Å². The van der Waals surface area contributed by atoms with Gasteiger partial charge in [-0.2, -0.15) is 0 Å². The van der Waals surface area contributed by atoms with Gasteiger partial charge in [0.1, 0.15) is 0 Å². The predicted octanol–water partition coefficient (Wildman–Crippen LogP) is 1.20.